The van der Waals surface area contributed by atoms with Crippen molar-refractivity contribution < 1.29 is 19.1 Å². The van der Waals surface area contributed by atoms with Crippen molar-refractivity contribution in [2.24, 2.45) is 0 Å². The molecule has 1 fully saturated rings. The molecule has 1 aliphatic rings. The van der Waals surface area contributed by atoms with Crippen LogP contribution in [0.2, 0.25) is 0 Å². The first-order valence-electron chi connectivity index (χ1n) is 11.5. The third kappa shape index (κ3) is 4.90. The average molecular weight is 483 g/mol. The Morgan fingerprint density at radius 1 is 1.23 bits per heavy atom. The van der Waals surface area contributed by atoms with Gasteiger partial charge in [0.15, 0.2) is 5.69 Å². The summed E-state index contributed by atoms with van der Waals surface area (Å²) in [5.41, 5.74) is 0.483. The van der Waals surface area contributed by atoms with Gasteiger partial charge in [-0.2, -0.15) is 5.10 Å². The second kappa shape index (κ2) is 9.87. The highest BCUT2D eigenvalue weighted by Gasteiger charge is 2.38. The number of hydrogen-bond donors (Lipinski definition) is 1. The maximum atomic E-state index is 12.9. The Labute approximate surface area is 202 Å². The van der Waals surface area contributed by atoms with Crippen LogP contribution in [0.15, 0.2) is 35.5 Å². The molecule has 3 aromatic rings. The van der Waals surface area contributed by atoms with Crippen LogP contribution in [0.4, 0.5) is 4.79 Å². The molecule has 0 bridgehead atoms. The number of pyridine rings is 1. The van der Waals surface area contributed by atoms with E-state index in [1.165, 1.54) is 17.9 Å². The van der Waals surface area contributed by atoms with Crippen molar-refractivity contribution in [3.8, 4) is 5.75 Å². The summed E-state index contributed by atoms with van der Waals surface area (Å²) < 4.78 is 13.9. The number of fused-ring (bicyclic) bond motifs is 1. The van der Waals surface area contributed by atoms with E-state index in [0.717, 1.165) is 42.3 Å². The van der Waals surface area contributed by atoms with E-state index in [-0.39, 0.29) is 23.7 Å². The van der Waals surface area contributed by atoms with Gasteiger partial charge < -0.3 is 19.4 Å². The average Bonchev–Trinajstić information content (AvgIpc) is 3.44. The second-order valence-corrected chi connectivity index (χ2v) is 9.14. The van der Waals surface area contributed by atoms with Gasteiger partial charge in [0.05, 0.1) is 18.3 Å². The summed E-state index contributed by atoms with van der Waals surface area (Å²) in [6, 6.07) is 3.96. The van der Waals surface area contributed by atoms with Gasteiger partial charge in [-0.15, -0.1) is 0 Å². The number of rotatable bonds is 7. The zero-order valence-corrected chi connectivity index (χ0v) is 20.4. The van der Waals surface area contributed by atoms with Gasteiger partial charge >= 0.3 is 6.16 Å². The fraction of sp³-hybridized carbons (Fsp3) is 0.458. The molecule has 0 unspecified atom stereocenters. The predicted octanol–water partition coefficient (Wildman–Crippen LogP) is 2.27. The number of carbonyl (C=O) groups is 2. The van der Waals surface area contributed by atoms with Crippen LogP contribution in [0.3, 0.4) is 0 Å². The van der Waals surface area contributed by atoms with E-state index < -0.39 is 17.5 Å². The van der Waals surface area contributed by atoms with Crippen LogP contribution in [0, 0.1) is 6.92 Å². The van der Waals surface area contributed by atoms with Crippen molar-refractivity contribution in [3.63, 3.8) is 0 Å². The van der Waals surface area contributed by atoms with Gasteiger partial charge in [0, 0.05) is 24.8 Å². The third-order valence-electron chi connectivity index (χ3n) is 6.27. The number of nitrogens with one attached hydrogen (secondary N) is 1. The van der Waals surface area contributed by atoms with Crippen LogP contribution < -0.4 is 15.5 Å². The number of carbonyl (C=O) groups excluding carboxylic acids is 2. The van der Waals surface area contributed by atoms with Gasteiger partial charge in [0.2, 0.25) is 5.75 Å². The van der Waals surface area contributed by atoms with Crippen molar-refractivity contribution in [2.75, 3.05) is 27.9 Å². The molecule has 0 aliphatic heterocycles. The molecular formula is C24H30N6O5. The summed E-state index contributed by atoms with van der Waals surface area (Å²) >= 11 is 0. The minimum atomic E-state index is -1.04. The van der Waals surface area contributed by atoms with Crippen LogP contribution in [0.1, 0.15) is 41.7 Å². The summed E-state index contributed by atoms with van der Waals surface area (Å²) in [6.45, 7) is 2.40. The Bertz CT molecular complexity index is 1310. The molecule has 11 nitrogen and oxygen atoms in total. The smallest absolute Gasteiger partial charge is 0.418 e. The summed E-state index contributed by atoms with van der Waals surface area (Å²) in [4.78, 5) is 43.7. The zero-order chi connectivity index (χ0) is 25.2. The largest absolute Gasteiger partial charge is 0.515 e. The fourth-order valence-corrected chi connectivity index (χ4v) is 4.63. The van der Waals surface area contributed by atoms with E-state index in [4.69, 9.17) is 9.47 Å². The van der Waals surface area contributed by atoms with Crippen molar-refractivity contribution in [2.45, 2.75) is 44.7 Å². The molecule has 0 atom stereocenters. The van der Waals surface area contributed by atoms with Crippen LogP contribution in [0.5, 0.6) is 5.75 Å². The van der Waals surface area contributed by atoms with E-state index in [2.05, 4.69) is 33.1 Å². The highest BCUT2D eigenvalue weighted by atomic mass is 16.7. The lowest BCUT2D eigenvalue weighted by Gasteiger charge is -2.32. The summed E-state index contributed by atoms with van der Waals surface area (Å²) in [6.07, 6.45) is 7.98. The van der Waals surface area contributed by atoms with Gasteiger partial charge in [-0.3, -0.25) is 19.2 Å². The highest BCUT2D eigenvalue weighted by molar-refractivity contribution is 5.92. The van der Waals surface area contributed by atoms with E-state index in [0.29, 0.717) is 6.54 Å². The molecule has 11 heteroatoms. The summed E-state index contributed by atoms with van der Waals surface area (Å²) in [5, 5.41) is 7.82. The lowest BCUT2D eigenvalue weighted by atomic mass is 9.97. The first kappa shape index (κ1) is 24.4. The Balaban J connectivity index is 1.75. The lowest BCUT2D eigenvalue weighted by molar-refractivity contribution is 0.0588. The zero-order valence-electron chi connectivity index (χ0n) is 20.4. The molecule has 1 aliphatic carbocycles. The van der Waals surface area contributed by atoms with Crippen molar-refractivity contribution in [1.29, 1.82) is 0 Å². The molecule has 0 spiro atoms. The van der Waals surface area contributed by atoms with Gasteiger partial charge in [0.1, 0.15) is 12.4 Å². The Hall–Kier alpha value is -3.73. The molecule has 1 N–H and O–H groups in total. The third-order valence-corrected chi connectivity index (χ3v) is 6.27. The second-order valence-electron chi connectivity index (χ2n) is 9.14. The van der Waals surface area contributed by atoms with E-state index in [9.17, 15) is 14.4 Å². The van der Waals surface area contributed by atoms with Crippen LogP contribution in [-0.4, -0.2) is 64.2 Å². The number of ether oxygens (including phenoxy) is 2. The van der Waals surface area contributed by atoms with E-state index >= 15 is 0 Å². The maximum absolute atomic E-state index is 12.9. The maximum Gasteiger partial charge on any atom is 0.515 e. The molecule has 3 aromatic heterocycles. The number of aryl methyl sites for hydroxylation is 1. The SMILES string of the molecule is CNC(=O)c1nn(CC2(n3cc(C)c4cccnc43)CCCC2)cc(OC(=O)OCN(C)C)c1=O. The minimum Gasteiger partial charge on any atom is -0.418 e. The molecule has 0 saturated heterocycles. The molecule has 3 heterocycles. The normalized spacial score (nSPS) is 14.9. The van der Waals surface area contributed by atoms with Crippen LogP contribution in [-0.2, 0) is 16.8 Å². The topological polar surface area (TPSA) is 121 Å². The Kier molecular flexibility index (Phi) is 6.88. The van der Waals surface area contributed by atoms with Crippen LogP contribution in [0.25, 0.3) is 11.0 Å². The quantitative estimate of drug-likeness (QED) is 0.402. The fourth-order valence-electron chi connectivity index (χ4n) is 4.63. The van der Waals surface area contributed by atoms with Gasteiger partial charge in [-0.1, -0.05) is 12.8 Å². The molecule has 35 heavy (non-hydrogen) atoms. The lowest BCUT2D eigenvalue weighted by Crippen LogP contribution is -2.38. The predicted molar refractivity (Wildman–Crippen MR) is 128 cm³/mol. The molecular weight excluding hydrogens is 452 g/mol. The van der Waals surface area contributed by atoms with E-state index in [1.807, 2.05) is 12.1 Å². The first-order chi connectivity index (χ1) is 16.7. The van der Waals surface area contributed by atoms with Gasteiger partial charge in [-0.25, -0.2) is 9.78 Å². The van der Waals surface area contributed by atoms with Gasteiger partial charge in [0.25, 0.3) is 11.3 Å². The highest BCUT2D eigenvalue weighted by Crippen LogP contribution is 2.40. The molecule has 1 saturated carbocycles. The summed E-state index contributed by atoms with van der Waals surface area (Å²) in [5.74, 6) is -0.984. The molecule has 1 amide bonds. The van der Waals surface area contributed by atoms with Crippen molar-refractivity contribution in [1.82, 2.24) is 29.5 Å². The number of amides is 1. The first-order valence-corrected chi connectivity index (χ1v) is 11.5. The molecule has 4 rings (SSSR count). The molecule has 0 aromatic carbocycles. The van der Waals surface area contributed by atoms with E-state index in [1.54, 1.807) is 25.2 Å². The Morgan fingerprint density at radius 3 is 2.66 bits per heavy atom. The number of nitrogens with zero attached hydrogens (tertiary/aromatic N) is 5. The van der Waals surface area contributed by atoms with Crippen molar-refractivity contribution in [3.05, 3.63) is 52.2 Å². The van der Waals surface area contributed by atoms with Gasteiger partial charge in [-0.05, 0) is 51.6 Å². The minimum absolute atomic E-state index is 0.0173. The van der Waals surface area contributed by atoms with Crippen molar-refractivity contribution >= 4 is 23.1 Å². The number of hydrogen-bond acceptors (Lipinski definition) is 8. The summed E-state index contributed by atoms with van der Waals surface area (Å²) in [7, 11) is 4.85. The van der Waals surface area contributed by atoms with Crippen LogP contribution >= 0.6 is 0 Å². The number of aromatic nitrogens is 4. The molecule has 0 radical (unpaired) electrons. The standard InChI is InChI=1S/C24H30N6O5/c1-16-12-30(21-17(16)8-7-11-26-21)24(9-5-6-10-24)14-29-13-18(35-23(33)34-15-28(3)4)20(31)19(27-29)22(32)25-2/h7-8,11-13H,5-6,9-10,14-15H2,1-4H3,(H,25,32). The monoisotopic (exact) mass is 482 g/mol. The molecule has 186 valence electrons. The Morgan fingerprint density at radius 2 is 1.97 bits per heavy atom.